The van der Waals surface area contributed by atoms with Crippen LogP contribution in [0.3, 0.4) is 0 Å². The molecule has 2 aromatic rings. The topological polar surface area (TPSA) is 6.48 Å². The highest BCUT2D eigenvalue weighted by Crippen LogP contribution is 2.39. The Labute approximate surface area is 255 Å². The summed E-state index contributed by atoms with van der Waals surface area (Å²) in [5.41, 5.74) is 10.9. The quantitative estimate of drug-likeness (QED) is 0.169. The van der Waals surface area contributed by atoms with Crippen LogP contribution in [0.4, 0.5) is 17.1 Å². The largest absolute Gasteiger partial charge is 0.364 e. The number of rotatable bonds is 14. The fourth-order valence-electron chi connectivity index (χ4n) is 4.41. The summed E-state index contributed by atoms with van der Waals surface area (Å²) in [6.07, 6.45) is 27.8. The van der Waals surface area contributed by atoms with Gasteiger partial charge in [-0.3, -0.25) is 0 Å². The van der Waals surface area contributed by atoms with Gasteiger partial charge < -0.3 is 9.80 Å². The van der Waals surface area contributed by atoms with Gasteiger partial charge >= 0.3 is 0 Å². The van der Waals surface area contributed by atoms with Gasteiger partial charge in [-0.2, -0.15) is 0 Å². The SMILES string of the molecule is C#C/C=C(C)\C=C/CN(C/C=C\C(C)=C/C)c1ccc(N(/C(C)=C/C=C(/C)C=C)c2ccc(C)cc2)c(C=C)c1C=C. The lowest BCUT2D eigenvalue weighted by atomic mass is 9.99. The number of hydrogen-bond acceptors (Lipinski definition) is 2. The van der Waals surface area contributed by atoms with Crippen LogP contribution in [-0.2, 0) is 0 Å². The highest BCUT2D eigenvalue weighted by atomic mass is 15.2. The van der Waals surface area contributed by atoms with Crippen molar-refractivity contribution in [1.82, 2.24) is 0 Å². The van der Waals surface area contributed by atoms with Crippen molar-refractivity contribution >= 4 is 29.2 Å². The molecule has 0 aliphatic heterocycles. The third kappa shape index (κ3) is 9.43. The summed E-state index contributed by atoms with van der Waals surface area (Å²) in [6.45, 7) is 26.3. The van der Waals surface area contributed by atoms with Gasteiger partial charge in [-0.1, -0.05) is 109 Å². The van der Waals surface area contributed by atoms with Gasteiger partial charge in [0.05, 0.1) is 5.69 Å². The standard InChI is InChI=1S/C40H46N2/c1-11-18-33(8)20-17-30-41(29-16-19-31(6)12-2)39-27-28-40(38(15-5)37(39)14-4)42(35(10)24-21-32(7)13-3)36-25-22-34(9)23-26-36/h1,12-28H,3-5,29-30H2,2,6-10H3/b19-16-,20-17-,31-12-,32-21-,33-18-,35-24+. The lowest BCUT2D eigenvalue weighted by Gasteiger charge is -2.31. The summed E-state index contributed by atoms with van der Waals surface area (Å²) in [5.74, 6) is 2.60. The maximum atomic E-state index is 5.46. The smallest absolute Gasteiger partial charge is 0.0537 e. The van der Waals surface area contributed by atoms with E-state index in [0.717, 1.165) is 51.6 Å². The van der Waals surface area contributed by atoms with Crippen molar-refractivity contribution in [3.05, 3.63) is 150 Å². The highest BCUT2D eigenvalue weighted by Gasteiger charge is 2.19. The molecule has 0 aliphatic rings. The van der Waals surface area contributed by atoms with Crippen LogP contribution in [0, 0.1) is 19.3 Å². The summed E-state index contributed by atoms with van der Waals surface area (Å²) < 4.78 is 0. The van der Waals surface area contributed by atoms with E-state index in [1.54, 1.807) is 6.08 Å². The van der Waals surface area contributed by atoms with Crippen molar-refractivity contribution in [3.63, 3.8) is 0 Å². The van der Waals surface area contributed by atoms with E-state index in [0.29, 0.717) is 6.54 Å². The summed E-state index contributed by atoms with van der Waals surface area (Å²) in [6, 6.07) is 13.0. The minimum Gasteiger partial charge on any atom is -0.364 e. The van der Waals surface area contributed by atoms with Crippen molar-refractivity contribution in [2.45, 2.75) is 41.5 Å². The van der Waals surface area contributed by atoms with E-state index in [1.807, 2.05) is 32.1 Å². The molecule has 0 unspecified atom stereocenters. The molecule has 0 atom stereocenters. The van der Waals surface area contributed by atoms with Crippen LogP contribution >= 0.6 is 0 Å². The Hall–Kier alpha value is -4.74. The number of anilines is 3. The third-order valence-electron chi connectivity index (χ3n) is 6.96. The van der Waals surface area contributed by atoms with E-state index in [4.69, 9.17) is 6.42 Å². The van der Waals surface area contributed by atoms with Crippen LogP contribution in [0.25, 0.3) is 12.2 Å². The normalized spacial score (nSPS) is 12.9. The van der Waals surface area contributed by atoms with E-state index < -0.39 is 0 Å². The zero-order valence-electron chi connectivity index (χ0n) is 26.3. The van der Waals surface area contributed by atoms with Crippen molar-refractivity contribution in [1.29, 1.82) is 0 Å². The minimum atomic E-state index is 0.706. The number of nitrogens with zero attached hydrogens (tertiary/aromatic N) is 2. The Morgan fingerprint density at radius 2 is 1.36 bits per heavy atom. The number of allylic oxidation sites excluding steroid dienone is 11. The summed E-state index contributed by atoms with van der Waals surface area (Å²) >= 11 is 0. The van der Waals surface area contributed by atoms with Crippen LogP contribution in [0.15, 0.2) is 133 Å². The second kappa shape index (κ2) is 17.2. The number of hydrogen-bond donors (Lipinski definition) is 0. The first-order valence-corrected chi connectivity index (χ1v) is 14.3. The fourth-order valence-corrected chi connectivity index (χ4v) is 4.41. The molecule has 0 amide bonds. The molecule has 0 saturated heterocycles. The van der Waals surface area contributed by atoms with E-state index in [-0.39, 0.29) is 0 Å². The molecule has 0 heterocycles. The molecule has 0 aromatic heterocycles. The van der Waals surface area contributed by atoms with Gasteiger partial charge in [-0.05, 0) is 83.5 Å². The predicted octanol–water partition coefficient (Wildman–Crippen LogP) is 10.9. The molecule has 216 valence electrons. The predicted molar refractivity (Wildman–Crippen MR) is 190 cm³/mol. The van der Waals surface area contributed by atoms with Crippen LogP contribution in [0.5, 0.6) is 0 Å². The molecule has 0 radical (unpaired) electrons. The summed E-state index contributed by atoms with van der Waals surface area (Å²) in [4.78, 5) is 4.61. The molecule has 0 fully saturated rings. The van der Waals surface area contributed by atoms with Gasteiger partial charge in [0.1, 0.15) is 0 Å². The van der Waals surface area contributed by atoms with E-state index in [9.17, 15) is 0 Å². The molecule has 42 heavy (non-hydrogen) atoms. The fraction of sp³-hybridized carbons (Fsp3) is 0.200. The Morgan fingerprint density at radius 1 is 0.786 bits per heavy atom. The Kier molecular flexibility index (Phi) is 13.7. The molecule has 0 N–H and O–H groups in total. The lowest BCUT2D eigenvalue weighted by Crippen LogP contribution is -2.25. The molecular formula is C40H46N2. The molecule has 2 heteroatoms. The first-order chi connectivity index (χ1) is 20.2. The first kappa shape index (κ1) is 33.5. The molecule has 0 saturated carbocycles. The molecule has 2 nitrogen and oxygen atoms in total. The zero-order chi connectivity index (χ0) is 31.1. The monoisotopic (exact) mass is 554 g/mol. The Morgan fingerprint density at radius 3 is 1.90 bits per heavy atom. The second-order valence-electron chi connectivity index (χ2n) is 10.2. The van der Waals surface area contributed by atoms with Crippen molar-refractivity contribution < 1.29 is 0 Å². The van der Waals surface area contributed by atoms with Crippen molar-refractivity contribution in [2.75, 3.05) is 22.9 Å². The van der Waals surface area contributed by atoms with E-state index in [2.05, 4.69) is 142 Å². The van der Waals surface area contributed by atoms with E-state index >= 15 is 0 Å². The lowest BCUT2D eigenvalue weighted by molar-refractivity contribution is 0.949. The van der Waals surface area contributed by atoms with Gasteiger partial charge in [0.25, 0.3) is 0 Å². The van der Waals surface area contributed by atoms with Crippen LogP contribution in [-0.4, -0.2) is 13.1 Å². The molecule has 0 bridgehead atoms. The van der Waals surface area contributed by atoms with Crippen LogP contribution < -0.4 is 9.80 Å². The third-order valence-corrected chi connectivity index (χ3v) is 6.96. The highest BCUT2D eigenvalue weighted by molar-refractivity contribution is 5.87. The number of aryl methyl sites for hydroxylation is 1. The second-order valence-corrected chi connectivity index (χ2v) is 10.2. The van der Waals surface area contributed by atoms with Crippen LogP contribution in [0.2, 0.25) is 0 Å². The average Bonchev–Trinajstić information content (AvgIpc) is 2.99. The maximum absolute atomic E-state index is 5.46. The number of benzene rings is 2. The maximum Gasteiger partial charge on any atom is 0.0537 e. The van der Waals surface area contributed by atoms with E-state index in [1.165, 1.54) is 11.1 Å². The van der Waals surface area contributed by atoms with Gasteiger partial charge in [-0.15, -0.1) is 6.42 Å². The van der Waals surface area contributed by atoms with Gasteiger partial charge in [-0.25, -0.2) is 0 Å². The summed E-state index contributed by atoms with van der Waals surface area (Å²) in [5, 5.41) is 0. The molecule has 0 aliphatic carbocycles. The zero-order valence-corrected chi connectivity index (χ0v) is 26.3. The average molecular weight is 555 g/mol. The summed E-state index contributed by atoms with van der Waals surface area (Å²) in [7, 11) is 0. The van der Waals surface area contributed by atoms with Gasteiger partial charge in [0.2, 0.25) is 0 Å². The van der Waals surface area contributed by atoms with Gasteiger partial charge in [0.15, 0.2) is 0 Å². The van der Waals surface area contributed by atoms with Crippen molar-refractivity contribution in [2.24, 2.45) is 0 Å². The van der Waals surface area contributed by atoms with Gasteiger partial charge in [0, 0.05) is 41.3 Å². The number of terminal acetylenes is 1. The first-order valence-electron chi connectivity index (χ1n) is 14.3. The molecule has 2 rings (SSSR count). The van der Waals surface area contributed by atoms with Crippen molar-refractivity contribution in [3.8, 4) is 12.3 Å². The Bertz CT molecular complexity index is 1480. The minimum absolute atomic E-state index is 0.706. The Balaban J connectivity index is 2.76. The molecule has 0 spiro atoms. The molecular weight excluding hydrogens is 508 g/mol. The molecule has 2 aromatic carbocycles. The van der Waals surface area contributed by atoms with Crippen LogP contribution in [0.1, 0.15) is 51.3 Å².